The number of halogens is 2. The lowest BCUT2D eigenvalue weighted by Gasteiger charge is -2.27. The Morgan fingerprint density at radius 2 is 1.96 bits per heavy atom. The molecule has 1 aliphatic rings. The van der Waals surface area contributed by atoms with E-state index in [1.165, 1.54) is 6.07 Å². The Morgan fingerprint density at radius 3 is 2.59 bits per heavy atom. The number of hydrogen-bond donors (Lipinski definition) is 3. The van der Waals surface area contributed by atoms with Crippen molar-refractivity contribution < 1.29 is 23.4 Å². The molecular formula is C19H29F2N3O3. The predicted octanol–water partition coefficient (Wildman–Crippen LogP) is 3.05. The summed E-state index contributed by atoms with van der Waals surface area (Å²) in [6.45, 7) is 2.33. The van der Waals surface area contributed by atoms with Gasteiger partial charge < -0.3 is 25.2 Å². The second-order valence-electron chi connectivity index (χ2n) is 6.44. The van der Waals surface area contributed by atoms with E-state index >= 15 is 0 Å². The number of nitrogens with one attached hydrogen (secondary N) is 2. The number of hydrogen-bond acceptors (Lipinski definition) is 4. The zero-order valence-corrected chi connectivity index (χ0v) is 15.9. The molecular weight excluding hydrogens is 356 g/mol. The van der Waals surface area contributed by atoms with Crippen LogP contribution in [0.2, 0.25) is 0 Å². The summed E-state index contributed by atoms with van der Waals surface area (Å²) in [5.41, 5.74) is 0.830. The number of rotatable bonds is 8. The van der Waals surface area contributed by atoms with Crippen LogP contribution < -0.4 is 20.1 Å². The minimum atomic E-state index is -2.90. The topological polar surface area (TPSA) is 75.1 Å². The molecule has 1 fully saturated rings. The Hall–Kier alpha value is -2.09. The molecule has 8 heteroatoms. The third-order valence-electron chi connectivity index (χ3n) is 4.33. The first-order valence-electron chi connectivity index (χ1n) is 9.45. The molecule has 0 aliphatic heterocycles. The molecule has 27 heavy (non-hydrogen) atoms. The number of benzene rings is 1. The molecule has 0 bridgehead atoms. The largest absolute Gasteiger partial charge is 0.490 e. The van der Waals surface area contributed by atoms with Gasteiger partial charge in [0, 0.05) is 12.6 Å². The van der Waals surface area contributed by atoms with Gasteiger partial charge in [0.1, 0.15) is 0 Å². The van der Waals surface area contributed by atoms with Crippen LogP contribution in [0.5, 0.6) is 11.5 Å². The second-order valence-corrected chi connectivity index (χ2v) is 6.44. The van der Waals surface area contributed by atoms with Gasteiger partial charge in [0.25, 0.3) is 0 Å². The number of alkyl halides is 2. The summed E-state index contributed by atoms with van der Waals surface area (Å²) in [6, 6.07) is 5.13. The smallest absolute Gasteiger partial charge is 0.387 e. The highest BCUT2D eigenvalue weighted by atomic mass is 19.3. The van der Waals surface area contributed by atoms with Gasteiger partial charge >= 0.3 is 6.61 Å². The lowest BCUT2D eigenvalue weighted by atomic mass is 9.93. The van der Waals surface area contributed by atoms with Gasteiger partial charge in [-0.05, 0) is 57.2 Å². The molecule has 0 aromatic heterocycles. The van der Waals surface area contributed by atoms with E-state index in [4.69, 9.17) is 4.74 Å². The van der Waals surface area contributed by atoms with E-state index in [9.17, 15) is 13.9 Å². The molecule has 0 heterocycles. The van der Waals surface area contributed by atoms with Crippen molar-refractivity contribution >= 4 is 5.96 Å². The van der Waals surface area contributed by atoms with Crippen molar-refractivity contribution in [2.45, 2.75) is 64.8 Å². The molecule has 2 rings (SSSR count). The zero-order valence-electron chi connectivity index (χ0n) is 15.9. The Balaban J connectivity index is 2.04. The molecule has 1 aromatic rings. The van der Waals surface area contributed by atoms with E-state index in [-0.39, 0.29) is 23.6 Å². The maximum Gasteiger partial charge on any atom is 0.387 e. The standard InChI is InChI=1S/C19H29F2N3O3/c1-3-22-19(24-14-6-8-15(25)9-7-14)23-12-13-5-10-16(27-18(20)21)17(11-13)26-4-2/h5,10-11,14-15,18,25H,3-4,6-9,12H2,1-2H3,(H2,22,23,24). The van der Waals surface area contributed by atoms with Gasteiger partial charge in [-0.15, -0.1) is 0 Å². The fourth-order valence-corrected chi connectivity index (χ4v) is 3.02. The molecule has 1 aliphatic carbocycles. The van der Waals surface area contributed by atoms with Crippen LogP contribution in [0.4, 0.5) is 8.78 Å². The van der Waals surface area contributed by atoms with E-state index in [1.807, 2.05) is 6.92 Å². The highest BCUT2D eigenvalue weighted by Gasteiger charge is 2.20. The molecule has 3 N–H and O–H groups in total. The molecule has 0 atom stereocenters. The normalized spacial score (nSPS) is 20.4. The van der Waals surface area contributed by atoms with Crippen LogP contribution in [-0.4, -0.2) is 43.0 Å². The molecule has 1 saturated carbocycles. The SMILES string of the molecule is CCNC(=NCc1ccc(OC(F)F)c(OCC)c1)NC1CCC(O)CC1. The lowest BCUT2D eigenvalue weighted by molar-refractivity contribution is -0.0514. The number of ether oxygens (including phenoxy) is 2. The number of guanidine groups is 1. The first kappa shape index (κ1) is 21.2. The van der Waals surface area contributed by atoms with E-state index in [0.29, 0.717) is 19.1 Å². The fourth-order valence-electron chi connectivity index (χ4n) is 3.02. The van der Waals surface area contributed by atoms with Crippen LogP contribution >= 0.6 is 0 Å². The van der Waals surface area contributed by atoms with E-state index in [0.717, 1.165) is 37.8 Å². The second kappa shape index (κ2) is 10.9. The quantitative estimate of drug-likeness (QED) is 0.474. The van der Waals surface area contributed by atoms with Crippen LogP contribution in [0.15, 0.2) is 23.2 Å². The highest BCUT2D eigenvalue weighted by Crippen LogP contribution is 2.30. The first-order chi connectivity index (χ1) is 13.0. The monoisotopic (exact) mass is 385 g/mol. The predicted molar refractivity (Wildman–Crippen MR) is 100 cm³/mol. The number of aliphatic imine (C=N–C) groups is 1. The van der Waals surface area contributed by atoms with Crippen molar-refractivity contribution in [2.75, 3.05) is 13.2 Å². The van der Waals surface area contributed by atoms with Crippen LogP contribution in [0, 0.1) is 0 Å². The maximum atomic E-state index is 12.5. The minimum absolute atomic E-state index is 0.0189. The van der Waals surface area contributed by atoms with Gasteiger partial charge in [-0.3, -0.25) is 0 Å². The molecule has 0 spiro atoms. The summed E-state index contributed by atoms with van der Waals surface area (Å²) in [6.07, 6.45) is 3.19. The first-order valence-corrected chi connectivity index (χ1v) is 9.45. The Labute approximate surface area is 159 Å². The van der Waals surface area contributed by atoms with Gasteiger partial charge in [0.05, 0.1) is 19.3 Å². The minimum Gasteiger partial charge on any atom is -0.490 e. The average molecular weight is 385 g/mol. The highest BCUT2D eigenvalue weighted by molar-refractivity contribution is 5.80. The Kier molecular flexibility index (Phi) is 8.57. The molecule has 0 amide bonds. The number of nitrogens with zero attached hydrogens (tertiary/aromatic N) is 1. The van der Waals surface area contributed by atoms with Crippen molar-refractivity contribution in [3.05, 3.63) is 23.8 Å². The van der Waals surface area contributed by atoms with Crippen molar-refractivity contribution in [3.63, 3.8) is 0 Å². The molecule has 152 valence electrons. The maximum absolute atomic E-state index is 12.5. The zero-order chi connectivity index (χ0) is 19.6. The third kappa shape index (κ3) is 7.21. The molecule has 0 radical (unpaired) electrons. The van der Waals surface area contributed by atoms with Gasteiger partial charge in [0.2, 0.25) is 0 Å². The molecule has 6 nitrogen and oxygen atoms in total. The third-order valence-corrected chi connectivity index (χ3v) is 4.33. The van der Waals surface area contributed by atoms with Crippen molar-refractivity contribution in [2.24, 2.45) is 4.99 Å². The van der Waals surface area contributed by atoms with Crippen LogP contribution in [0.1, 0.15) is 45.1 Å². The van der Waals surface area contributed by atoms with Crippen molar-refractivity contribution in [1.29, 1.82) is 0 Å². The summed E-state index contributed by atoms with van der Waals surface area (Å²) in [5.74, 6) is 1.000. The van der Waals surface area contributed by atoms with Crippen molar-refractivity contribution in [1.82, 2.24) is 10.6 Å². The van der Waals surface area contributed by atoms with E-state index < -0.39 is 6.61 Å². The molecule has 1 aromatic carbocycles. The van der Waals surface area contributed by atoms with Gasteiger partial charge in [-0.25, -0.2) is 4.99 Å². The van der Waals surface area contributed by atoms with Crippen LogP contribution in [0.25, 0.3) is 0 Å². The Morgan fingerprint density at radius 1 is 1.22 bits per heavy atom. The molecule has 0 unspecified atom stereocenters. The van der Waals surface area contributed by atoms with Crippen LogP contribution in [-0.2, 0) is 6.54 Å². The number of aliphatic hydroxyl groups is 1. The summed E-state index contributed by atoms with van der Waals surface area (Å²) in [4.78, 5) is 4.58. The summed E-state index contributed by atoms with van der Waals surface area (Å²) >= 11 is 0. The van der Waals surface area contributed by atoms with Gasteiger partial charge in [-0.2, -0.15) is 8.78 Å². The lowest BCUT2D eigenvalue weighted by Crippen LogP contribution is -2.45. The van der Waals surface area contributed by atoms with Crippen molar-refractivity contribution in [3.8, 4) is 11.5 Å². The van der Waals surface area contributed by atoms with Gasteiger partial charge in [0.15, 0.2) is 17.5 Å². The fraction of sp³-hybridized carbons (Fsp3) is 0.632. The summed E-state index contributed by atoms with van der Waals surface area (Å²) in [5, 5.41) is 16.2. The van der Waals surface area contributed by atoms with E-state index in [2.05, 4.69) is 20.4 Å². The Bertz CT molecular complexity index is 606. The number of aliphatic hydroxyl groups excluding tert-OH is 1. The average Bonchev–Trinajstić information content (AvgIpc) is 2.63. The van der Waals surface area contributed by atoms with Gasteiger partial charge in [-0.1, -0.05) is 6.07 Å². The summed E-state index contributed by atoms with van der Waals surface area (Å²) in [7, 11) is 0. The molecule has 0 saturated heterocycles. The summed E-state index contributed by atoms with van der Waals surface area (Å²) < 4.78 is 34.9. The van der Waals surface area contributed by atoms with Crippen LogP contribution in [0.3, 0.4) is 0 Å². The van der Waals surface area contributed by atoms with E-state index in [1.54, 1.807) is 19.1 Å².